The van der Waals surface area contributed by atoms with Gasteiger partial charge in [-0.3, -0.25) is 4.98 Å². The second-order valence-corrected chi connectivity index (χ2v) is 3.40. The van der Waals surface area contributed by atoms with Gasteiger partial charge in [-0.05, 0) is 30.7 Å². The minimum absolute atomic E-state index is 0.233. The van der Waals surface area contributed by atoms with Crippen molar-refractivity contribution in [2.45, 2.75) is 6.92 Å². The van der Waals surface area contributed by atoms with Gasteiger partial charge in [-0.25, -0.2) is 9.48 Å². The topological polar surface area (TPSA) is 70.9 Å². The summed E-state index contributed by atoms with van der Waals surface area (Å²) in [5, 5.41) is 13.4. The minimum Gasteiger partial charge on any atom is -0.508 e. The predicted molar refractivity (Wildman–Crippen MR) is 55.7 cm³/mol. The zero-order valence-electron chi connectivity index (χ0n) is 8.48. The summed E-state index contributed by atoms with van der Waals surface area (Å²) in [5.41, 5.74) is 1.28. The molecule has 1 heterocycles. The van der Waals surface area contributed by atoms with Gasteiger partial charge in [-0.1, -0.05) is 0 Å². The Balaban J connectivity index is 2.54. The normalized spacial score (nSPS) is 10.5. The van der Waals surface area contributed by atoms with Crippen molar-refractivity contribution in [1.29, 1.82) is 0 Å². The number of aryl methyl sites for hydroxylation is 2. The van der Waals surface area contributed by atoms with Crippen LogP contribution in [0.3, 0.4) is 0 Å². The molecule has 0 atom stereocenters. The zero-order valence-corrected chi connectivity index (χ0v) is 8.48. The van der Waals surface area contributed by atoms with E-state index in [-0.39, 0.29) is 11.4 Å². The lowest BCUT2D eigenvalue weighted by molar-refractivity contribution is 0.471. The average molecular weight is 205 g/mol. The van der Waals surface area contributed by atoms with Crippen LogP contribution in [0.4, 0.5) is 0 Å². The molecule has 0 saturated heterocycles. The summed E-state index contributed by atoms with van der Waals surface area (Å²) >= 11 is 0. The molecule has 1 aromatic heterocycles. The standard InChI is InChI=1S/C10H11N3O2/c1-6-5-7(3-4-8(6)14)9-11-10(15)13(2)12-9/h3-5,14H,1-2H3,(H,11,12,15). The summed E-state index contributed by atoms with van der Waals surface area (Å²) in [6.45, 7) is 1.79. The minimum atomic E-state index is -0.254. The summed E-state index contributed by atoms with van der Waals surface area (Å²) in [7, 11) is 1.58. The molecule has 2 rings (SSSR count). The van der Waals surface area contributed by atoms with Crippen LogP contribution in [-0.2, 0) is 7.05 Å². The molecule has 1 aromatic carbocycles. The molecule has 15 heavy (non-hydrogen) atoms. The maximum atomic E-state index is 11.2. The Hall–Kier alpha value is -2.04. The van der Waals surface area contributed by atoms with Crippen LogP contribution in [0.2, 0.25) is 0 Å². The van der Waals surface area contributed by atoms with Crippen LogP contribution in [0.25, 0.3) is 11.4 Å². The van der Waals surface area contributed by atoms with Crippen molar-refractivity contribution in [2.75, 3.05) is 0 Å². The van der Waals surface area contributed by atoms with E-state index in [0.29, 0.717) is 5.82 Å². The molecular formula is C10H11N3O2. The molecular weight excluding hydrogens is 194 g/mol. The molecule has 0 unspecified atom stereocenters. The van der Waals surface area contributed by atoms with E-state index in [4.69, 9.17) is 0 Å². The predicted octanol–water partition coefficient (Wildman–Crippen LogP) is 0.789. The summed E-state index contributed by atoms with van der Waals surface area (Å²) in [6, 6.07) is 5.06. The summed E-state index contributed by atoms with van der Waals surface area (Å²) in [5.74, 6) is 0.739. The zero-order chi connectivity index (χ0) is 11.0. The number of aromatic amines is 1. The van der Waals surface area contributed by atoms with Crippen molar-refractivity contribution < 1.29 is 5.11 Å². The number of rotatable bonds is 1. The molecule has 0 fully saturated rings. The van der Waals surface area contributed by atoms with Gasteiger partial charge in [0, 0.05) is 12.6 Å². The fourth-order valence-corrected chi connectivity index (χ4v) is 1.34. The lowest BCUT2D eigenvalue weighted by atomic mass is 10.1. The molecule has 0 amide bonds. The number of H-pyrrole nitrogens is 1. The monoisotopic (exact) mass is 205 g/mol. The van der Waals surface area contributed by atoms with Gasteiger partial charge < -0.3 is 5.11 Å². The van der Waals surface area contributed by atoms with Gasteiger partial charge >= 0.3 is 5.69 Å². The van der Waals surface area contributed by atoms with Crippen molar-refractivity contribution in [3.05, 3.63) is 34.2 Å². The molecule has 0 aliphatic heterocycles. The highest BCUT2D eigenvalue weighted by Crippen LogP contribution is 2.21. The molecule has 0 bridgehead atoms. The molecule has 5 nitrogen and oxygen atoms in total. The van der Waals surface area contributed by atoms with Gasteiger partial charge in [-0.2, -0.15) is 5.10 Å². The van der Waals surface area contributed by atoms with E-state index in [1.807, 2.05) is 0 Å². The molecule has 78 valence electrons. The van der Waals surface area contributed by atoms with Crippen LogP contribution in [-0.4, -0.2) is 19.9 Å². The third-order valence-electron chi connectivity index (χ3n) is 2.24. The average Bonchev–Trinajstić information content (AvgIpc) is 2.52. The smallest absolute Gasteiger partial charge is 0.343 e. The largest absolute Gasteiger partial charge is 0.508 e. The number of benzene rings is 1. The lowest BCUT2D eigenvalue weighted by Gasteiger charge is -2.00. The van der Waals surface area contributed by atoms with E-state index < -0.39 is 0 Å². The third-order valence-corrected chi connectivity index (χ3v) is 2.24. The van der Waals surface area contributed by atoms with Crippen LogP contribution in [0.1, 0.15) is 5.56 Å². The highest BCUT2D eigenvalue weighted by Gasteiger charge is 2.06. The van der Waals surface area contributed by atoms with Gasteiger partial charge in [0.05, 0.1) is 0 Å². The first kappa shape index (κ1) is 9.51. The Kier molecular flexibility index (Phi) is 2.07. The number of aromatic nitrogens is 3. The first-order chi connectivity index (χ1) is 7.08. The van der Waals surface area contributed by atoms with Crippen LogP contribution in [0.15, 0.2) is 23.0 Å². The molecule has 5 heteroatoms. The number of nitrogens with one attached hydrogen (secondary N) is 1. The van der Waals surface area contributed by atoms with Crippen LogP contribution >= 0.6 is 0 Å². The van der Waals surface area contributed by atoms with E-state index in [0.717, 1.165) is 11.1 Å². The molecule has 0 saturated carbocycles. The Morgan fingerprint density at radius 1 is 1.47 bits per heavy atom. The SMILES string of the molecule is Cc1cc(-c2nn(C)c(=O)[nH]2)ccc1O. The highest BCUT2D eigenvalue weighted by atomic mass is 16.3. The molecule has 0 spiro atoms. The second kappa shape index (κ2) is 3.27. The maximum Gasteiger partial charge on any atom is 0.343 e. The maximum absolute atomic E-state index is 11.2. The third kappa shape index (κ3) is 1.63. The van der Waals surface area contributed by atoms with Crippen molar-refractivity contribution in [2.24, 2.45) is 7.05 Å². The Morgan fingerprint density at radius 2 is 2.20 bits per heavy atom. The molecule has 0 radical (unpaired) electrons. The van der Waals surface area contributed by atoms with Gasteiger partial charge in [0.25, 0.3) is 0 Å². The fourth-order valence-electron chi connectivity index (χ4n) is 1.34. The van der Waals surface area contributed by atoms with E-state index in [1.54, 1.807) is 32.2 Å². The number of phenolic OH excluding ortho intramolecular Hbond substituents is 1. The van der Waals surface area contributed by atoms with Gasteiger partial charge in [0.1, 0.15) is 5.75 Å². The number of hydrogen-bond donors (Lipinski definition) is 2. The number of aromatic hydroxyl groups is 1. The first-order valence-corrected chi connectivity index (χ1v) is 4.51. The van der Waals surface area contributed by atoms with Crippen LogP contribution in [0.5, 0.6) is 5.75 Å². The Labute approximate surface area is 86.0 Å². The molecule has 0 aliphatic carbocycles. The van der Waals surface area contributed by atoms with Crippen molar-refractivity contribution in [3.63, 3.8) is 0 Å². The molecule has 2 N–H and O–H groups in total. The highest BCUT2D eigenvalue weighted by molar-refractivity contribution is 5.57. The second-order valence-electron chi connectivity index (χ2n) is 3.40. The van der Waals surface area contributed by atoms with Crippen LogP contribution < -0.4 is 5.69 Å². The lowest BCUT2D eigenvalue weighted by Crippen LogP contribution is -2.13. The van der Waals surface area contributed by atoms with Crippen molar-refractivity contribution in [3.8, 4) is 17.1 Å². The number of nitrogens with zero attached hydrogens (tertiary/aromatic N) is 2. The number of phenols is 1. The quantitative estimate of drug-likeness (QED) is 0.723. The Bertz CT molecular complexity index is 554. The first-order valence-electron chi connectivity index (χ1n) is 4.51. The van der Waals surface area contributed by atoms with Gasteiger partial charge in [-0.15, -0.1) is 0 Å². The Morgan fingerprint density at radius 3 is 2.73 bits per heavy atom. The van der Waals surface area contributed by atoms with Crippen molar-refractivity contribution in [1.82, 2.24) is 14.8 Å². The molecule has 0 aliphatic rings. The van der Waals surface area contributed by atoms with Crippen LogP contribution in [0, 0.1) is 6.92 Å². The summed E-state index contributed by atoms with van der Waals surface area (Å²) in [6.07, 6.45) is 0. The van der Waals surface area contributed by atoms with E-state index >= 15 is 0 Å². The molecule has 2 aromatic rings. The summed E-state index contributed by atoms with van der Waals surface area (Å²) < 4.78 is 1.23. The van der Waals surface area contributed by atoms with E-state index in [1.165, 1.54) is 4.68 Å². The van der Waals surface area contributed by atoms with E-state index in [2.05, 4.69) is 10.1 Å². The fraction of sp³-hybridized carbons (Fsp3) is 0.200. The summed E-state index contributed by atoms with van der Waals surface area (Å²) in [4.78, 5) is 13.8. The number of hydrogen-bond acceptors (Lipinski definition) is 3. The van der Waals surface area contributed by atoms with E-state index in [9.17, 15) is 9.90 Å². The van der Waals surface area contributed by atoms with Crippen molar-refractivity contribution >= 4 is 0 Å². The van der Waals surface area contributed by atoms with Gasteiger partial charge in [0.15, 0.2) is 5.82 Å². The van der Waals surface area contributed by atoms with Gasteiger partial charge in [0.2, 0.25) is 0 Å².